The standard InChI is InChI=1S/C11H9ClFN3/c1-7-10(13)11(12)16-9(15-7)6-8-4-2-3-5-14-8/h2-5H,6H2,1H3. The second-order valence-corrected chi connectivity index (χ2v) is 3.69. The first-order valence-corrected chi connectivity index (χ1v) is 5.13. The molecule has 0 aliphatic heterocycles. The molecule has 2 aromatic heterocycles. The van der Waals surface area contributed by atoms with Gasteiger partial charge in [-0.3, -0.25) is 4.98 Å². The van der Waals surface area contributed by atoms with Crippen molar-refractivity contribution in [1.82, 2.24) is 15.0 Å². The molecule has 0 unspecified atom stereocenters. The molecule has 3 nitrogen and oxygen atoms in total. The molecule has 0 fully saturated rings. The molecule has 2 heterocycles. The van der Waals surface area contributed by atoms with E-state index in [0.29, 0.717) is 12.2 Å². The Morgan fingerprint density at radius 1 is 1.31 bits per heavy atom. The molecular formula is C11H9ClFN3. The summed E-state index contributed by atoms with van der Waals surface area (Å²) in [6, 6.07) is 5.56. The maximum absolute atomic E-state index is 13.2. The van der Waals surface area contributed by atoms with Crippen LogP contribution in [0.25, 0.3) is 0 Å². The van der Waals surface area contributed by atoms with Gasteiger partial charge < -0.3 is 0 Å². The Morgan fingerprint density at radius 3 is 2.75 bits per heavy atom. The molecule has 0 bridgehead atoms. The van der Waals surface area contributed by atoms with Gasteiger partial charge in [-0.2, -0.15) is 0 Å². The minimum atomic E-state index is -0.563. The topological polar surface area (TPSA) is 38.7 Å². The number of nitrogens with zero attached hydrogens (tertiary/aromatic N) is 3. The number of halogens is 2. The third kappa shape index (κ3) is 2.33. The Kier molecular flexibility index (Phi) is 3.10. The SMILES string of the molecule is Cc1nc(Cc2ccccn2)nc(Cl)c1F. The number of hydrogen-bond acceptors (Lipinski definition) is 3. The second-order valence-electron chi connectivity index (χ2n) is 3.33. The van der Waals surface area contributed by atoms with Crippen LogP contribution in [-0.4, -0.2) is 15.0 Å². The van der Waals surface area contributed by atoms with Gasteiger partial charge >= 0.3 is 0 Å². The molecule has 5 heteroatoms. The number of aromatic nitrogens is 3. The average molecular weight is 238 g/mol. The third-order valence-corrected chi connectivity index (χ3v) is 2.34. The van der Waals surface area contributed by atoms with Crippen LogP contribution in [0.2, 0.25) is 5.15 Å². The molecule has 0 saturated heterocycles. The van der Waals surface area contributed by atoms with Gasteiger partial charge in [-0.1, -0.05) is 17.7 Å². The van der Waals surface area contributed by atoms with Crippen molar-refractivity contribution in [2.45, 2.75) is 13.3 Å². The Balaban J connectivity index is 2.29. The summed E-state index contributed by atoms with van der Waals surface area (Å²) in [7, 11) is 0. The minimum Gasteiger partial charge on any atom is -0.261 e. The largest absolute Gasteiger partial charge is 0.261 e. The molecule has 0 saturated carbocycles. The molecule has 0 amide bonds. The Bertz CT molecular complexity index is 479. The first-order valence-electron chi connectivity index (χ1n) is 4.75. The van der Waals surface area contributed by atoms with E-state index < -0.39 is 5.82 Å². The Labute approximate surface area is 97.3 Å². The number of rotatable bonds is 2. The van der Waals surface area contributed by atoms with Crippen molar-refractivity contribution in [3.05, 3.63) is 52.6 Å². The van der Waals surface area contributed by atoms with Gasteiger partial charge in [-0.25, -0.2) is 14.4 Å². The van der Waals surface area contributed by atoms with Gasteiger partial charge in [0.2, 0.25) is 0 Å². The molecule has 0 aromatic carbocycles. The van der Waals surface area contributed by atoms with Gasteiger partial charge in [-0.05, 0) is 19.1 Å². The summed E-state index contributed by atoms with van der Waals surface area (Å²) in [5.74, 6) is -0.0889. The van der Waals surface area contributed by atoms with E-state index in [1.165, 1.54) is 0 Å². The highest BCUT2D eigenvalue weighted by atomic mass is 35.5. The smallest absolute Gasteiger partial charge is 0.181 e. The van der Waals surface area contributed by atoms with Crippen LogP contribution in [0.15, 0.2) is 24.4 Å². The fraction of sp³-hybridized carbons (Fsp3) is 0.182. The van der Waals surface area contributed by atoms with Crippen molar-refractivity contribution in [1.29, 1.82) is 0 Å². The van der Waals surface area contributed by atoms with Gasteiger partial charge in [-0.15, -0.1) is 0 Å². The molecule has 0 N–H and O–H groups in total. The lowest BCUT2D eigenvalue weighted by Gasteiger charge is -2.03. The lowest BCUT2D eigenvalue weighted by molar-refractivity contribution is 0.597. The summed E-state index contributed by atoms with van der Waals surface area (Å²) in [5.41, 5.74) is 1.08. The fourth-order valence-electron chi connectivity index (χ4n) is 1.32. The second kappa shape index (κ2) is 4.53. The van der Waals surface area contributed by atoms with Gasteiger partial charge in [0.1, 0.15) is 5.82 Å². The summed E-state index contributed by atoms with van der Waals surface area (Å²) < 4.78 is 13.2. The Morgan fingerprint density at radius 2 is 2.12 bits per heavy atom. The van der Waals surface area contributed by atoms with Crippen molar-refractivity contribution in [2.75, 3.05) is 0 Å². The minimum absolute atomic E-state index is 0.140. The molecule has 0 radical (unpaired) electrons. The number of pyridine rings is 1. The van der Waals surface area contributed by atoms with Crippen LogP contribution in [0.3, 0.4) is 0 Å². The third-order valence-electron chi connectivity index (χ3n) is 2.09. The zero-order valence-corrected chi connectivity index (χ0v) is 9.37. The van der Waals surface area contributed by atoms with Crippen molar-refractivity contribution in [3.8, 4) is 0 Å². The summed E-state index contributed by atoms with van der Waals surface area (Å²) in [6.07, 6.45) is 2.13. The van der Waals surface area contributed by atoms with Crippen molar-refractivity contribution in [3.63, 3.8) is 0 Å². The van der Waals surface area contributed by atoms with Crippen LogP contribution in [0, 0.1) is 12.7 Å². The monoisotopic (exact) mass is 237 g/mol. The van der Waals surface area contributed by atoms with Crippen LogP contribution in [0.1, 0.15) is 17.2 Å². The summed E-state index contributed by atoms with van der Waals surface area (Å²) >= 11 is 5.64. The van der Waals surface area contributed by atoms with Crippen LogP contribution in [0.4, 0.5) is 4.39 Å². The summed E-state index contributed by atoms with van der Waals surface area (Å²) in [4.78, 5) is 12.0. The molecular weight excluding hydrogens is 229 g/mol. The van der Waals surface area contributed by atoms with Gasteiger partial charge in [0, 0.05) is 11.9 Å². The van der Waals surface area contributed by atoms with E-state index in [2.05, 4.69) is 15.0 Å². The molecule has 0 aliphatic carbocycles. The zero-order chi connectivity index (χ0) is 11.5. The van der Waals surface area contributed by atoms with Gasteiger partial charge in [0.25, 0.3) is 0 Å². The summed E-state index contributed by atoms with van der Waals surface area (Å²) in [5, 5.41) is -0.140. The molecule has 2 aromatic rings. The van der Waals surface area contributed by atoms with E-state index in [9.17, 15) is 4.39 Å². The van der Waals surface area contributed by atoms with Crippen molar-refractivity contribution in [2.24, 2.45) is 0 Å². The van der Waals surface area contributed by atoms with Crippen molar-refractivity contribution < 1.29 is 4.39 Å². The molecule has 0 aliphatic rings. The highest BCUT2D eigenvalue weighted by Crippen LogP contribution is 2.14. The highest BCUT2D eigenvalue weighted by Gasteiger charge is 2.09. The van der Waals surface area contributed by atoms with E-state index in [1.54, 1.807) is 13.1 Å². The maximum Gasteiger partial charge on any atom is 0.181 e. The normalized spacial score (nSPS) is 10.4. The van der Waals surface area contributed by atoms with Gasteiger partial charge in [0.15, 0.2) is 11.0 Å². The van der Waals surface area contributed by atoms with E-state index in [0.717, 1.165) is 5.69 Å². The Hall–Kier alpha value is -1.55. The molecule has 0 atom stereocenters. The van der Waals surface area contributed by atoms with Crippen LogP contribution in [0.5, 0.6) is 0 Å². The molecule has 2 rings (SSSR count). The van der Waals surface area contributed by atoms with E-state index in [4.69, 9.17) is 11.6 Å². The lowest BCUT2D eigenvalue weighted by Crippen LogP contribution is -2.03. The number of hydrogen-bond donors (Lipinski definition) is 0. The molecule has 0 spiro atoms. The first kappa shape index (κ1) is 11.0. The van der Waals surface area contributed by atoms with Gasteiger partial charge in [0.05, 0.1) is 12.1 Å². The van der Waals surface area contributed by atoms with Crippen LogP contribution < -0.4 is 0 Å². The predicted molar refractivity (Wildman–Crippen MR) is 58.8 cm³/mol. The van der Waals surface area contributed by atoms with E-state index >= 15 is 0 Å². The average Bonchev–Trinajstić information content (AvgIpc) is 2.27. The van der Waals surface area contributed by atoms with Crippen LogP contribution >= 0.6 is 11.6 Å². The number of aryl methyl sites for hydroxylation is 1. The quantitative estimate of drug-likeness (QED) is 0.754. The summed E-state index contributed by atoms with van der Waals surface area (Å²) in [6.45, 7) is 1.56. The predicted octanol–water partition coefficient (Wildman–Crippen LogP) is 2.56. The molecule has 16 heavy (non-hydrogen) atoms. The lowest BCUT2D eigenvalue weighted by atomic mass is 10.2. The fourth-order valence-corrected chi connectivity index (χ4v) is 1.56. The van der Waals surface area contributed by atoms with E-state index in [-0.39, 0.29) is 10.8 Å². The zero-order valence-electron chi connectivity index (χ0n) is 8.61. The van der Waals surface area contributed by atoms with Crippen molar-refractivity contribution >= 4 is 11.6 Å². The maximum atomic E-state index is 13.2. The first-order chi connectivity index (χ1) is 7.66. The van der Waals surface area contributed by atoms with E-state index in [1.807, 2.05) is 18.2 Å². The van der Waals surface area contributed by atoms with Crippen LogP contribution in [-0.2, 0) is 6.42 Å². The molecule has 82 valence electrons. The highest BCUT2D eigenvalue weighted by molar-refractivity contribution is 6.29.